The minimum atomic E-state index is -2.96. The third kappa shape index (κ3) is 5.52. The molecule has 0 bridgehead atoms. The summed E-state index contributed by atoms with van der Waals surface area (Å²) >= 11 is 0. The van der Waals surface area contributed by atoms with Crippen molar-refractivity contribution >= 4 is 149 Å². The monoisotopic (exact) mass is 1020 g/mol. The summed E-state index contributed by atoms with van der Waals surface area (Å²) in [6.07, 6.45) is 0. The van der Waals surface area contributed by atoms with Crippen molar-refractivity contribution in [2.24, 2.45) is 0 Å². The molecule has 0 unspecified atom stereocenters. The lowest BCUT2D eigenvalue weighted by Gasteiger charge is -2.41. The van der Waals surface area contributed by atoms with Crippen LogP contribution in [0.2, 0.25) is 11.1 Å². The molecule has 372 valence electrons. The molecule has 0 aliphatic rings. The molecule has 0 aliphatic heterocycles. The van der Waals surface area contributed by atoms with Gasteiger partial charge in [-0.25, -0.2) is 0 Å². The molecular formula is C74H52N4Si. The van der Waals surface area contributed by atoms with Crippen LogP contribution in [0.4, 0.5) is 0 Å². The van der Waals surface area contributed by atoms with Crippen molar-refractivity contribution in [3.63, 3.8) is 0 Å². The molecule has 79 heavy (non-hydrogen) atoms. The van der Waals surface area contributed by atoms with Gasteiger partial charge < -0.3 is 18.3 Å². The summed E-state index contributed by atoms with van der Waals surface area (Å²) in [7, 11) is -2.96. The lowest BCUT2D eigenvalue weighted by molar-refractivity contribution is 0.926. The van der Waals surface area contributed by atoms with E-state index in [9.17, 15) is 0 Å². The molecule has 4 aromatic heterocycles. The van der Waals surface area contributed by atoms with Crippen LogP contribution in [0.5, 0.6) is 0 Å². The van der Waals surface area contributed by atoms with Gasteiger partial charge in [0.05, 0.1) is 44.1 Å². The van der Waals surface area contributed by atoms with Crippen LogP contribution in [0, 0.1) is 0 Å². The number of rotatable bonds is 8. The Morgan fingerprint density at radius 3 is 0.570 bits per heavy atom. The zero-order valence-electron chi connectivity index (χ0n) is 44.4. The van der Waals surface area contributed by atoms with Crippen molar-refractivity contribution in [3.8, 4) is 22.7 Å². The molecule has 18 aromatic rings. The van der Waals surface area contributed by atoms with E-state index in [1.54, 1.807) is 0 Å². The van der Waals surface area contributed by atoms with Crippen molar-refractivity contribution in [1.29, 1.82) is 0 Å². The Morgan fingerprint density at radius 2 is 0.405 bits per heavy atom. The van der Waals surface area contributed by atoms with E-state index in [1.165, 1.54) is 163 Å². The van der Waals surface area contributed by atoms with E-state index in [0.29, 0.717) is 0 Å². The number of hydrogen-bond acceptors (Lipinski definition) is 0. The maximum absolute atomic E-state index is 2.96. The second-order valence-electron chi connectivity index (χ2n) is 23.3. The first-order valence-corrected chi connectivity index (χ1v) is 30.3. The molecule has 0 amide bonds. The highest BCUT2D eigenvalue weighted by molar-refractivity contribution is 7.04. The normalized spacial score (nSPS) is 13.0. The van der Waals surface area contributed by atoms with E-state index >= 15 is 0 Å². The Hall–Kier alpha value is -9.42. The Kier molecular flexibility index (Phi) is 8.51. The smallest absolute Gasteiger partial charge is 0.123 e. The first kappa shape index (κ1) is 43.7. The predicted octanol–water partition coefficient (Wildman–Crippen LogP) is 18.8. The molecule has 5 heteroatoms. The molecule has 0 fully saturated rings. The molecule has 4 heterocycles. The number of benzene rings is 14. The minimum Gasteiger partial charge on any atom is -0.309 e. The molecule has 0 radical (unpaired) electrons. The number of aromatic nitrogens is 4. The average molecular weight is 1030 g/mol. The molecule has 0 spiro atoms. The Labute approximate surface area is 456 Å². The van der Waals surface area contributed by atoms with E-state index in [2.05, 4.69) is 276 Å². The van der Waals surface area contributed by atoms with Crippen LogP contribution in [0.1, 0.15) is 27.7 Å². The lowest BCUT2D eigenvalue weighted by atomic mass is 10.0. The van der Waals surface area contributed by atoms with Crippen molar-refractivity contribution in [1.82, 2.24) is 18.3 Å². The zero-order valence-corrected chi connectivity index (χ0v) is 45.4. The van der Waals surface area contributed by atoms with Gasteiger partial charge in [-0.1, -0.05) is 173 Å². The largest absolute Gasteiger partial charge is 0.309 e. The van der Waals surface area contributed by atoms with Gasteiger partial charge in [0.2, 0.25) is 0 Å². The molecule has 0 atom stereocenters. The Balaban J connectivity index is 1.00. The number of hydrogen-bond donors (Lipinski definition) is 0. The summed E-state index contributed by atoms with van der Waals surface area (Å²) in [6, 6.07) is 88.9. The van der Waals surface area contributed by atoms with E-state index < -0.39 is 8.07 Å². The fourth-order valence-electron chi connectivity index (χ4n) is 15.9. The molecule has 0 saturated carbocycles. The molecule has 4 nitrogen and oxygen atoms in total. The molecule has 0 aliphatic carbocycles. The highest BCUT2D eigenvalue weighted by atomic mass is 28.3. The van der Waals surface area contributed by atoms with Gasteiger partial charge >= 0.3 is 0 Å². The molecular weight excluding hydrogens is 973 g/mol. The molecule has 18 rings (SSSR count). The van der Waals surface area contributed by atoms with Gasteiger partial charge in [-0.2, -0.15) is 0 Å². The maximum Gasteiger partial charge on any atom is 0.123 e. The Morgan fingerprint density at radius 1 is 0.228 bits per heavy atom. The summed E-state index contributed by atoms with van der Waals surface area (Å²) in [5.41, 5.74) is 15.2. The third-order valence-electron chi connectivity index (χ3n) is 18.9. The van der Waals surface area contributed by atoms with E-state index in [-0.39, 0.29) is 11.1 Å². The van der Waals surface area contributed by atoms with Crippen molar-refractivity contribution in [2.75, 3.05) is 0 Å². The van der Waals surface area contributed by atoms with Crippen LogP contribution in [0.15, 0.2) is 231 Å². The molecule has 0 N–H and O–H groups in total. The zero-order chi connectivity index (χ0) is 52.2. The standard InChI is InChI=1S/C74H52N4Si/c1-43(2)79(44(3)4,57-39-53(75-59-21-5-13-45-29-30-46-14-6-22-60(75)68(46)67(45)59)37-54(40-57)76-61-23-7-15-47-31-32-48-16-8-24-62(76)70(48)69(47)61)58-41-55(77-63-25-9-17-49-33-34-50-18-10-26-64(77)72(50)71(49)63)38-56(42-58)78-65-27-11-19-51-35-36-52-20-12-28-66(78)74(52)73(51)65/h5-44H,1-4H3. The summed E-state index contributed by atoms with van der Waals surface area (Å²) in [4.78, 5) is 0. The first-order valence-electron chi connectivity index (χ1n) is 28.1. The van der Waals surface area contributed by atoms with Crippen LogP contribution < -0.4 is 10.4 Å². The molecule has 0 saturated heterocycles. The lowest BCUT2D eigenvalue weighted by Crippen LogP contribution is -2.63. The van der Waals surface area contributed by atoms with Crippen molar-refractivity contribution in [3.05, 3.63) is 231 Å². The van der Waals surface area contributed by atoms with Gasteiger partial charge in [-0.05, 0) is 149 Å². The van der Waals surface area contributed by atoms with Gasteiger partial charge in [0.1, 0.15) is 8.07 Å². The summed E-state index contributed by atoms with van der Waals surface area (Å²) in [5, 5.41) is 23.6. The third-order valence-corrected chi connectivity index (χ3v) is 25.0. The first-order chi connectivity index (χ1) is 38.8. The second-order valence-corrected chi connectivity index (χ2v) is 28.5. The van der Waals surface area contributed by atoms with Crippen molar-refractivity contribution in [2.45, 2.75) is 38.8 Å². The fraction of sp³-hybridized carbons (Fsp3) is 0.0811. The van der Waals surface area contributed by atoms with Crippen molar-refractivity contribution < 1.29 is 0 Å². The molecule has 14 aromatic carbocycles. The van der Waals surface area contributed by atoms with Gasteiger partial charge in [0, 0.05) is 65.8 Å². The van der Waals surface area contributed by atoms with Crippen LogP contribution >= 0.6 is 0 Å². The maximum atomic E-state index is 2.64. The van der Waals surface area contributed by atoms with Gasteiger partial charge in [0.15, 0.2) is 0 Å². The highest BCUT2D eigenvalue weighted by Crippen LogP contribution is 2.46. The van der Waals surface area contributed by atoms with Crippen LogP contribution in [0.25, 0.3) is 153 Å². The predicted molar refractivity (Wildman–Crippen MR) is 340 cm³/mol. The van der Waals surface area contributed by atoms with Gasteiger partial charge in [-0.15, -0.1) is 0 Å². The van der Waals surface area contributed by atoms with E-state index in [4.69, 9.17) is 0 Å². The van der Waals surface area contributed by atoms with Gasteiger partial charge in [-0.3, -0.25) is 0 Å². The summed E-state index contributed by atoms with van der Waals surface area (Å²) in [5.74, 6) is 0. The Bertz CT molecular complexity index is 4590. The van der Waals surface area contributed by atoms with Crippen LogP contribution in [0.3, 0.4) is 0 Å². The summed E-state index contributed by atoms with van der Waals surface area (Å²) < 4.78 is 10.4. The minimum absolute atomic E-state index is 0.286. The SMILES string of the molecule is CC(C)[Si](c1cc(-n2c3cccc4ccc5cccc2c5c43)cc(-n2c3cccc4ccc5cccc2c5c43)c1)(c1cc(-n2c3cccc4ccc5cccc2c5c43)cc(-n2c3cccc4ccc5cccc2c5c43)c1)C(C)C. The second kappa shape index (κ2) is 15.4. The summed E-state index contributed by atoms with van der Waals surface area (Å²) in [6.45, 7) is 10.1. The van der Waals surface area contributed by atoms with E-state index in [0.717, 1.165) is 0 Å². The van der Waals surface area contributed by atoms with Crippen LogP contribution in [-0.4, -0.2) is 26.3 Å². The number of nitrogens with zero attached hydrogens (tertiary/aromatic N) is 4. The van der Waals surface area contributed by atoms with E-state index in [1.807, 2.05) is 0 Å². The average Bonchev–Trinajstić information content (AvgIpc) is 4.35. The topological polar surface area (TPSA) is 19.7 Å². The fourth-order valence-corrected chi connectivity index (χ4v) is 21.8. The van der Waals surface area contributed by atoms with Gasteiger partial charge in [0.25, 0.3) is 0 Å². The van der Waals surface area contributed by atoms with Crippen LogP contribution in [-0.2, 0) is 0 Å². The highest BCUT2D eigenvalue weighted by Gasteiger charge is 2.45. The quantitative estimate of drug-likeness (QED) is 0.107.